The van der Waals surface area contributed by atoms with Crippen LogP contribution in [0, 0.1) is 0 Å². The van der Waals surface area contributed by atoms with Crippen LogP contribution in [0.15, 0.2) is 61.1 Å². The number of hydrogen-bond acceptors (Lipinski definition) is 10. The number of primary amides is 1. The molecule has 212 valence electrons. The highest BCUT2D eigenvalue weighted by Gasteiger charge is 2.44. The highest BCUT2D eigenvalue weighted by Crippen LogP contribution is 2.33. The van der Waals surface area contributed by atoms with Gasteiger partial charge in [-0.2, -0.15) is 0 Å². The molecule has 41 heavy (non-hydrogen) atoms. The number of fused-ring (bicyclic) bond motifs is 1. The van der Waals surface area contributed by atoms with Crippen molar-refractivity contribution < 1.29 is 39.2 Å². The van der Waals surface area contributed by atoms with Crippen molar-refractivity contribution >= 4 is 34.5 Å². The molecule has 0 unspecified atom stereocenters. The van der Waals surface area contributed by atoms with Crippen molar-refractivity contribution in [2.24, 2.45) is 5.73 Å². The minimum absolute atomic E-state index is 0.0386. The van der Waals surface area contributed by atoms with Crippen LogP contribution in [0.5, 0.6) is 5.75 Å². The van der Waals surface area contributed by atoms with Crippen LogP contribution in [0.1, 0.15) is 49.3 Å². The van der Waals surface area contributed by atoms with E-state index in [1.807, 2.05) is 0 Å². The normalized spacial score (nSPS) is 20.2. The van der Waals surface area contributed by atoms with Gasteiger partial charge in [0.05, 0.1) is 23.1 Å². The number of hydrogen-bond donors (Lipinski definition) is 5. The number of carboxylic acids is 1. The lowest BCUT2D eigenvalue weighted by molar-refractivity contribution is -0.0475. The summed E-state index contributed by atoms with van der Waals surface area (Å²) in [6.45, 7) is -0.244. The quantitative estimate of drug-likeness (QED) is 0.174. The molecule has 0 saturated carbocycles. The predicted molar refractivity (Wildman–Crippen MR) is 144 cm³/mol. The molecule has 1 saturated heterocycles. The number of Topliss-reactive ketones (excluding diaryl/α,β-unsaturated/α-hetero) is 1. The number of carboxylic acid groups (broad SMARTS) is 1. The number of ketones is 1. The summed E-state index contributed by atoms with van der Waals surface area (Å²) < 4.78 is 13.2. The number of carbonyl (C=O) groups excluding carboxylic acids is 2. The van der Waals surface area contributed by atoms with Gasteiger partial charge in [-0.05, 0) is 30.2 Å². The molecular weight excluding hydrogens is 534 g/mol. The first-order valence-electron chi connectivity index (χ1n) is 12.7. The molecule has 13 nitrogen and oxygen atoms in total. The summed E-state index contributed by atoms with van der Waals surface area (Å²) in [4.78, 5) is 45.1. The molecule has 2 aromatic heterocycles. The average molecular weight is 562 g/mol. The second-order valence-electron chi connectivity index (χ2n) is 9.51. The predicted octanol–water partition coefficient (Wildman–Crippen LogP) is 1.32. The summed E-state index contributed by atoms with van der Waals surface area (Å²) in [7, 11) is 0. The number of aromatic carboxylic acids is 1. The number of anilines is 1. The van der Waals surface area contributed by atoms with Crippen LogP contribution in [0.4, 0.5) is 5.69 Å². The van der Waals surface area contributed by atoms with Crippen LogP contribution in [-0.4, -0.2) is 72.4 Å². The van der Waals surface area contributed by atoms with Gasteiger partial charge in [0.25, 0.3) is 5.91 Å². The summed E-state index contributed by atoms with van der Waals surface area (Å²) in [5.74, 6) is -2.32. The summed E-state index contributed by atoms with van der Waals surface area (Å²) in [6.07, 6.45) is -1.80. The van der Waals surface area contributed by atoms with Crippen LogP contribution in [0.3, 0.4) is 0 Å². The summed E-state index contributed by atoms with van der Waals surface area (Å²) in [5.41, 5.74) is 13.2. The summed E-state index contributed by atoms with van der Waals surface area (Å²) in [6, 6.07) is 12.2. The smallest absolute Gasteiger partial charge is 0.336 e. The highest BCUT2D eigenvalue weighted by molar-refractivity contribution is 6.06. The Hall–Kier alpha value is -4.85. The van der Waals surface area contributed by atoms with Crippen LogP contribution in [0.2, 0.25) is 0 Å². The summed E-state index contributed by atoms with van der Waals surface area (Å²) >= 11 is 0. The zero-order valence-electron chi connectivity index (χ0n) is 21.6. The van der Waals surface area contributed by atoms with Crippen LogP contribution >= 0.6 is 0 Å². The number of nitrogen functional groups attached to an aromatic ring is 1. The maximum atomic E-state index is 12.8. The minimum atomic E-state index is -1.34. The lowest BCUT2D eigenvalue weighted by Gasteiger charge is -2.18. The Labute approximate surface area is 233 Å². The molecule has 0 aliphatic carbocycles. The molecule has 1 fully saturated rings. The van der Waals surface area contributed by atoms with E-state index >= 15 is 0 Å². The van der Waals surface area contributed by atoms with Gasteiger partial charge in [-0.1, -0.05) is 30.3 Å². The van der Waals surface area contributed by atoms with E-state index in [1.165, 1.54) is 41.4 Å². The largest absolute Gasteiger partial charge is 0.490 e. The molecule has 3 heterocycles. The minimum Gasteiger partial charge on any atom is -0.490 e. The van der Waals surface area contributed by atoms with Gasteiger partial charge in [0.2, 0.25) is 0 Å². The number of rotatable bonds is 10. The molecule has 0 bridgehead atoms. The Bertz CT molecular complexity index is 1640. The Balaban J connectivity index is 1.30. The molecule has 0 radical (unpaired) electrons. The molecule has 13 heteroatoms. The molecule has 1 amide bonds. The number of pyridine rings is 1. The maximum Gasteiger partial charge on any atom is 0.336 e. The monoisotopic (exact) mass is 561 g/mol. The number of nitrogens with two attached hydrogens (primary N) is 2. The first kappa shape index (κ1) is 27.7. The number of aliphatic hydroxyl groups is 2. The number of carbonyl (C=O) groups is 3. The molecule has 2 aromatic carbocycles. The van der Waals surface area contributed by atoms with Crippen molar-refractivity contribution in [1.82, 2.24) is 14.5 Å². The third kappa shape index (κ3) is 5.33. The van der Waals surface area contributed by atoms with Crippen LogP contribution in [-0.2, 0) is 11.2 Å². The Morgan fingerprint density at radius 3 is 2.49 bits per heavy atom. The Kier molecular flexibility index (Phi) is 7.66. The zero-order chi connectivity index (χ0) is 29.3. The van der Waals surface area contributed by atoms with Crippen molar-refractivity contribution in [1.29, 1.82) is 0 Å². The zero-order valence-corrected chi connectivity index (χ0v) is 21.6. The van der Waals surface area contributed by atoms with Crippen molar-refractivity contribution in [2.45, 2.75) is 37.4 Å². The molecule has 7 N–H and O–H groups in total. The summed E-state index contributed by atoms with van der Waals surface area (Å²) in [5, 5.41) is 30.8. The molecule has 1 aliphatic heterocycles. The van der Waals surface area contributed by atoms with E-state index in [0.29, 0.717) is 22.4 Å². The second-order valence-corrected chi connectivity index (χ2v) is 9.51. The van der Waals surface area contributed by atoms with Crippen molar-refractivity contribution in [3.05, 3.63) is 83.3 Å². The first-order valence-corrected chi connectivity index (χ1v) is 12.7. The van der Waals surface area contributed by atoms with E-state index in [1.54, 1.807) is 24.3 Å². The van der Waals surface area contributed by atoms with Gasteiger partial charge in [0, 0.05) is 18.2 Å². The van der Waals surface area contributed by atoms with Crippen molar-refractivity contribution in [2.75, 3.05) is 12.3 Å². The van der Waals surface area contributed by atoms with Gasteiger partial charge < -0.3 is 36.3 Å². The van der Waals surface area contributed by atoms with E-state index in [4.69, 9.17) is 20.9 Å². The van der Waals surface area contributed by atoms with Gasteiger partial charge in [-0.3, -0.25) is 14.2 Å². The molecule has 4 atom stereocenters. The lowest BCUT2D eigenvalue weighted by atomic mass is 9.96. The number of aliphatic hydroxyl groups excluding tert-OH is 2. The number of ether oxygens (including phenoxy) is 2. The third-order valence-electron chi connectivity index (χ3n) is 6.94. The number of amides is 1. The Morgan fingerprint density at radius 2 is 1.76 bits per heavy atom. The number of benzene rings is 2. The number of aryl methyl sites for hydroxylation is 1. The maximum absolute atomic E-state index is 12.8. The van der Waals surface area contributed by atoms with Gasteiger partial charge in [0.15, 0.2) is 17.7 Å². The number of imidazole rings is 1. The molecule has 1 aliphatic rings. The van der Waals surface area contributed by atoms with Gasteiger partial charge >= 0.3 is 5.97 Å². The van der Waals surface area contributed by atoms with E-state index in [0.717, 1.165) is 0 Å². The van der Waals surface area contributed by atoms with E-state index in [9.17, 15) is 29.7 Å². The van der Waals surface area contributed by atoms with Crippen molar-refractivity contribution in [3.63, 3.8) is 0 Å². The molecule has 5 rings (SSSR count). The molecule has 4 aromatic rings. The van der Waals surface area contributed by atoms with E-state index in [2.05, 4.69) is 9.97 Å². The topological polar surface area (TPSA) is 213 Å². The van der Waals surface area contributed by atoms with Gasteiger partial charge in [-0.25, -0.2) is 14.8 Å². The second kappa shape index (κ2) is 11.3. The average Bonchev–Trinajstić information content (AvgIpc) is 3.51. The highest BCUT2D eigenvalue weighted by atomic mass is 16.6. The van der Waals surface area contributed by atoms with Crippen molar-refractivity contribution in [3.8, 4) is 5.75 Å². The van der Waals surface area contributed by atoms with Gasteiger partial charge in [-0.15, -0.1) is 0 Å². The standard InChI is InChI=1S/C28H27N5O8/c29-17-10-11-31-26-22(17)32-13-33(26)27-24(36)23(35)20(41-27)12-40-19-7-3-4-14(21(19)25(30)37)8-9-18(34)15-5-1-2-6-16(15)28(38)39/h1-7,10-11,13,20,23-24,27,35-36H,8-9,12H2,(H2,29,31)(H2,30,37)(H,38,39)/t20-,23-,24-,27-/m1/s1. The molecule has 0 spiro atoms. The van der Waals surface area contributed by atoms with E-state index < -0.39 is 42.2 Å². The number of nitrogens with zero attached hydrogens (tertiary/aromatic N) is 3. The van der Waals surface area contributed by atoms with Crippen LogP contribution in [0.25, 0.3) is 11.2 Å². The SMILES string of the molecule is NC(=O)c1c(CCC(=O)c2ccccc2C(=O)O)cccc1OC[C@H]1O[C@@H](n2cnc3c(N)ccnc32)[C@H](O)[C@@H]1O. The fraction of sp³-hybridized carbons (Fsp3) is 0.250. The fourth-order valence-electron chi connectivity index (χ4n) is 4.89. The Morgan fingerprint density at radius 1 is 1.00 bits per heavy atom. The van der Waals surface area contributed by atoms with Crippen LogP contribution < -0.4 is 16.2 Å². The van der Waals surface area contributed by atoms with E-state index in [-0.39, 0.29) is 41.9 Å². The number of aromatic nitrogens is 3. The fourth-order valence-corrected chi connectivity index (χ4v) is 4.89. The third-order valence-corrected chi connectivity index (χ3v) is 6.94. The van der Waals surface area contributed by atoms with Gasteiger partial charge in [0.1, 0.15) is 36.2 Å². The first-order chi connectivity index (χ1) is 19.7. The lowest BCUT2D eigenvalue weighted by Crippen LogP contribution is -2.34. The molecular formula is C28H27N5O8.